The summed E-state index contributed by atoms with van der Waals surface area (Å²) >= 11 is 1.05. The van der Waals surface area contributed by atoms with Gasteiger partial charge in [0.2, 0.25) is 15.0 Å². The number of amides is 1. The number of rotatable bonds is 5. The topological polar surface area (TPSA) is 92.3 Å². The Balaban J connectivity index is 1.52. The maximum absolute atomic E-state index is 13.4. The van der Waals surface area contributed by atoms with Gasteiger partial charge in [0.1, 0.15) is 5.01 Å². The Hall–Kier alpha value is -2.83. The van der Waals surface area contributed by atoms with Crippen molar-refractivity contribution in [1.82, 2.24) is 14.5 Å². The van der Waals surface area contributed by atoms with Crippen LogP contribution in [0, 0.1) is 0 Å². The van der Waals surface area contributed by atoms with Crippen LogP contribution in [0.15, 0.2) is 59.5 Å². The third kappa shape index (κ3) is 5.07. The number of aromatic nitrogens is 2. The number of anilines is 1. The summed E-state index contributed by atoms with van der Waals surface area (Å²) in [5.41, 5.74) is -0.597. The van der Waals surface area contributed by atoms with Crippen LogP contribution in [0.2, 0.25) is 0 Å². The summed E-state index contributed by atoms with van der Waals surface area (Å²) in [6.07, 6.45) is -3.76. The van der Waals surface area contributed by atoms with E-state index in [2.05, 4.69) is 15.5 Å². The van der Waals surface area contributed by atoms with E-state index in [0.717, 1.165) is 33.8 Å². The average Bonchev–Trinajstić information content (AvgIpc) is 3.30. The third-order valence-corrected chi connectivity index (χ3v) is 8.22. The fourth-order valence-corrected chi connectivity index (χ4v) is 6.22. The fraction of sp³-hybridized carbons (Fsp3) is 0.286. The van der Waals surface area contributed by atoms with Gasteiger partial charge in [-0.3, -0.25) is 4.79 Å². The second kappa shape index (κ2) is 9.20. The first-order valence-electron chi connectivity index (χ1n) is 10.0. The summed E-state index contributed by atoms with van der Waals surface area (Å²) in [6, 6.07) is 13.0. The number of hydrogen-bond donors (Lipinski definition) is 1. The van der Waals surface area contributed by atoms with E-state index in [1.807, 2.05) is 6.07 Å². The van der Waals surface area contributed by atoms with E-state index in [4.69, 9.17) is 0 Å². The molecule has 1 saturated heterocycles. The number of halogens is 3. The largest absolute Gasteiger partial charge is 0.417 e. The Labute approximate surface area is 192 Å². The van der Waals surface area contributed by atoms with Gasteiger partial charge in [-0.15, -0.1) is 10.2 Å². The zero-order chi connectivity index (χ0) is 23.6. The van der Waals surface area contributed by atoms with Crippen molar-refractivity contribution in [3.05, 3.63) is 70.2 Å². The minimum absolute atomic E-state index is 0.0382. The lowest BCUT2D eigenvalue weighted by molar-refractivity contribution is -0.139. The highest BCUT2D eigenvalue weighted by molar-refractivity contribution is 7.89. The molecule has 0 spiro atoms. The van der Waals surface area contributed by atoms with E-state index in [0.29, 0.717) is 23.5 Å². The van der Waals surface area contributed by atoms with Crippen molar-refractivity contribution in [2.75, 3.05) is 18.4 Å². The highest BCUT2D eigenvalue weighted by Gasteiger charge is 2.40. The molecule has 3 aromatic rings. The molecule has 1 aliphatic rings. The number of carbonyl (C=O) groups is 1. The van der Waals surface area contributed by atoms with Gasteiger partial charge in [-0.05, 0) is 37.1 Å². The summed E-state index contributed by atoms with van der Waals surface area (Å²) in [6.45, 7) is 0.0641. The molecule has 4 rings (SSSR count). The van der Waals surface area contributed by atoms with E-state index in [1.165, 1.54) is 6.07 Å². The van der Waals surface area contributed by atoms with Gasteiger partial charge in [0.25, 0.3) is 5.91 Å². The molecule has 1 aromatic heterocycles. The lowest BCUT2D eigenvalue weighted by Gasteiger charge is -2.31. The summed E-state index contributed by atoms with van der Waals surface area (Å²) in [7, 11) is -4.38. The number of piperidine rings is 1. The van der Waals surface area contributed by atoms with Crippen LogP contribution in [-0.2, 0) is 16.2 Å². The molecule has 0 saturated carbocycles. The van der Waals surface area contributed by atoms with Gasteiger partial charge in [-0.2, -0.15) is 17.5 Å². The maximum atomic E-state index is 13.4. The molecule has 0 radical (unpaired) electrons. The Kier molecular flexibility index (Phi) is 6.50. The lowest BCUT2D eigenvalue weighted by Crippen LogP contribution is -2.39. The van der Waals surface area contributed by atoms with Crippen molar-refractivity contribution < 1.29 is 26.4 Å². The molecule has 174 valence electrons. The second-order valence-electron chi connectivity index (χ2n) is 7.46. The Bertz CT molecular complexity index is 1250. The molecule has 0 aliphatic carbocycles. The standard InChI is InChI=1S/C21H19F3N4O3S2/c22-21(23,24)16-10-4-5-11-17(16)33(30,31)28-12-6-7-14(13-28)19-26-27-20(32-19)18(29)25-15-8-2-1-3-9-15/h1-5,8-11,14H,6-7,12-13H2,(H,25,29)/t14-/m0/s1. The van der Waals surface area contributed by atoms with Crippen molar-refractivity contribution in [3.63, 3.8) is 0 Å². The molecule has 1 amide bonds. The molecular weight excluding hydrogens is 477 g/mol. The number of carbonyl (C=O) groups excluding carboxylic acids is 1. The van der Waals surface area contributed by atoms with Gasteiger partial charge in [0, 0.05) is 24.7 Å². The minimum Gasteiger partial charge on any atom is -0.320 e. The first-order valence-corrected chi connectivity index (χ1v) is 12.3. The summed E-state index contributed by atoms with van der Waals surface area (Å²) < 4.78 is 67.4. The molecule has 1 atom stereocenters. The van der Waals surface area contributed by atoms with Crippen LogP contribution < -0.4 is 5.32 Å². The Morgan fingerprint density at radius 2 is 1.76 bits per heavy atom. The highest BCUT2D eigenvalue weighted by atomic mass is 32.2. The predicted molar refractivity (Wildman–Crippen MR) is 116 cm³/mol. The van der Waals surface area contributed by atoms with Crippen LogP contribution in [0.3, 0.4) is 0 Å². The maximum Gasteiger partial charge on any atom is 0.417 e. The van der Waals surface area contributed by atoms with Crippen LogP contribution in [0.1, 0.15) is 39.1 Å². The molecule has 2 heterocycles. The SMILES string of the molecule is O=C(Nc1ccccc1)c1nnc([C@H]2CCCN(S(=O)(=O)c3ccccc3C(F)(F)F)C2)s1. The van der Waals surface area contributed by atoms with Crippen LogP contribution in [-0.4, -0.2) is 41.9 Å². The van der Waals surface area contributed by atoms with Gasteiger partial charge < -0.3 is 5.32 Å². The number of nitrogens with zero attached hydrogens (tertiary/aromatic N) is 3. The van der Waals surface area contributed by atoms with E-state index >= 15 is 0 Å². The third-order valence-electron chi connectivity index (χ3n) is 5.21. The highest BCUT2D eigenvalue weighted by Crippen LogP contribution is 2.37. The summed E-state index contributed by atoms with van der Waals surface area (Å²) in [5.74, 6) is -0.813. The molecule has 1 N–H and O–H groups in total. The van der Waals surface area contributed by atoms with E-state index in [9.17, 15) is 26.4 Å². The molecule has 0 unspecified atom stereocenters. The number of hydrogen-bond acceptors (Lipinski definition) is 6. The van der Waals surface area contributed by atoms with Crippen molar-refractivity contribution in [1.29, 1.82) is 0 Å². The molecule has 0 bridgehead atoms. The van der Waals surface area contributed by atoms with Crippen LogP contribution >= 0.6 is 11.3 Å². The molecule has 2 aromatic carbocycles. The summed E-state index contributed by atoms with van der Waals surface area (Å²) in [5, 5.41) is 11.3. The molecule has 1 aliphatic heterocycles. The Morgan fingerprint density at radius 1 is 1.06 bits per heavy atom. The van der Waals surface area contributed by atoms with Gasteiger partial charge in [-0.25, -0.2) is 8.42 Å². The van der Waals surface area contributed by atoms with Gasteiger partial charge in [0.15, 0.2) is 0 Å². The normalized spacial score (nSPS) is 17.6. The van der Waals surface area contributed by atoms with E-state index in [1.54, 1.807) is 24.3 Å². The van der Waals surface area contributed by atoms with Crippen molar-refractivity contribution in [2.24, 2.45) is 0 Å². The lowest BCUT2D eigenvalue weighted by atomic mass is 10.0. The smallest absolute Gasteiger partial charge is 0.320 e. The van der Waals surface area contributed by atoms with Crippen molar-refractivity contribution in [3.8, 4) is 0 Å². The van der Waals surface area contributed by atoms with E-state index < -0.39 is 32.6 Å². The molecular formula is C21H19F3N4O3S2. The second-order valence-corrected chi connectivity index (χ2v) is 10.4. The number of sulfonamides is 1. The molecule has 12 heteroatoms. The van der Waals surface area contributed by atoms with Crippen LogP contribution in [0.4, 0.5) is 18.9 Å². The van der Waals surface area contributed by atoms with Gasteiger partial charge >= 0.3 is 6.18 Å². The first kappa shape index (κ1) is 23.3. The molecule has 7 nitrogen and oxygen atoms in total. The zero-order valence-electron chi connectivity index (χ0n) is 17.1. The van der Waals surface area contributed by atoms with E-state index in [-0.39, 0.29) is 24.0 Å². The number of benzene rings is 2. The summed E-state index contributed by atoms with van der Waals surface area (Å²) in [4.78, 5) is 11.7. The number of para-hydroxylation sites is 1. The Morgan fingerprint density at radius 3 is 2.48 bits per heavy atom. The zero-order valence-corrected chi connectivity index (χ0v) is 18.8. The molecule has 1 fully saturated rings. The molecule has 33 heavy (non-hydrogen) atoms. The predicted octanol–water partition coefficient (Wildman–Crippen LogP) is 4.38. The monoisotopic (exact) mass is 496 g/mol. The average molecular weight is 497 g/mol. The minimum atomic E-state index is -4.79. The van der Waals surface area contributed by atoms with Gasteiger partial charge in [0.05, 0.1) is 10.5 Å². The van der Waals surface area contributed by atoms with Gasteiger partial charge in [-0.1, -0.05) is 41.7 Å². The van der Waals surface area contributed by atoms with Crippen molar-refractivity contribution >= 4 is 33.0 Å². The number of nitrogens with one attached hydrogen (secondary N) is 1. The number of alkyl halides is 3. The quantitative estimate of drug-likeness (QED) is 0.566. The van der Waals surface area contributed by atoms with Crippen LogP contribution in [0.25, 0.3) is 0 Å². The fourth-order valence-electron chi connectivity index (χ4n) is 3.62. The van der Waals surface area contributed by atoms with Crippen molar-refractivity contribution in [2.45, 2.75) is 29.8 Å². The van der Waals surface area contributed by atoms with Crippen LogP contribution in [0.5, 0.6) is 0 Å². The first-order chi connectivity index (χ1) is 15.7.